The molecule has 7 nitrogen and oxygen atoms in total. The topological polar surface area (TPSA) is 81.8 Å². The maximum absolute atomic E-state index is 12.3. The number of benzene rings is 2. The largest absolute Gasteiger partial charge is 0.369 e. The predicted octanol–water partition coefficient (Wildman–Crippen LogP) is 2.07. The lowest BCUT2D eigenvalue weighted by Gasteiger charge is -2.36. The lowest BCUT2D eigenvalue weighted by atomic mass is 10.2. The Bertz CT molecular complexity index is 968. The highest BCUT2D eigenvalue weighted by atomic mass is 32.2. The number of para-hydroxylation sites is 1. The highest BCUT2D eigenvalue weighted by molar-refractivity contribution is 7.89. The Morgan fingerprint density at radius 3 is 2.26 bits per heavy atom. The van der Waals surface area contributed by atoms with Crippen molar-refractivity contribution in [2.75, 3.05) is 44.2 Å². The first-order valence-corrected chi connectivity index (χ1v) is 12.4. The summed E-state index contributed by atoms with van der Waals surface area (Å²) in [7, 11) is -3.49. The molecule has 0 radical (unpaired) electrons. The molecule has 2 aromatic carbocycles. The number of hydrogen-bond donors (Lipinski definition) is 2. The van der Waals surface area contributed by atoms with Crippen molar-refractivity contribution in [3.8, 4) is 0 Å². The molecular formula is C23H30N4O3S. The lowest BCUT2D eigenvalue weighted by Crippen LogP contribution is -2.47. The molecule has 1 saturated heterocycles. The third-order valence-electron chi connectivity index (χ3n) is 5.76. The molecule has 1 aliphatic heterocycles. The van der Waals surface area contributed by atoms with Gasteiger partial charge in [0.15, 0.2) is 0 Å². The Labute approximate surface area is 184 Å². The molecule has 1 amide bonds. The van der Waals surface area contributed by atoms with Crippen molar-refractivity contribution in [1.29, 1.82) is 0 Å². The molecule has 2 fully saturated rings. The summed E-state index contributed by atoms with van der Waals surface area (Å²) >= 11 is 0. The minimum Gasteiger partial charge on any atom is -0.369 e. The van der Waals surface area contributed by atoms with Crippen molar-refractivity contribution in [3.05, 3.63) is 60.2 Å². The summed E-state index contributed by atoms with van der Waals surface area (Å²) in [5.74, 6) is -0.173. The minimum atomic E-state index is -3.49. The molecule has 31 heavy (non-hydrogen) atoms. The van der Waals surface area contributed by atoms with E-state index in [-0.39, 0.29) is 16.8 Å². The van der Waals surface area contributed by atoms with Crippen molar-refractivity contribution in [3.63, 3.8) is 0 Å². The average molecular weight is 443 g/mol. The zero-order chi connectivity index (χ0) is 21.7. The summed E-state index contributed by atoms with van der Waals surface area (Å²) in [6, 6.07) is 16.7. The summed E-state index contributed by atoms with van der Waals surface area (Å²) in [6.45, 7) is 5.62. The van der Waals surface area contributed by atoms with Gasteiger partial charge in [-0.1, -0.05) is 18.2 Å². The third kappa shape index (κ3) is 6.06. The van der Waals surface area contributed by atoms with Crippen molar-refractivity contribution in [1.82, 2.24) is 14.9 Å². The quantitative estimate of drug-likeness (QED) is 0.581. The van der Waals surface area contributed by atoms with E-state index in [1.165, 1.54) is 17.8 Å². The Morgan fingerprint density at radius 1 is 0.935 bits per heavy atom. The van der Waals surface area contributed by atoms with Gasteiger partial charge in [-0.3, -0.25) is 9.69 Å². The van der Waals surface area contributed by atoms with Crippen LogP contribution in [0.1, 0.15) is 29.6 Å². The molecule has 2 N–H and O–H groups in total. The second-order valence-corrected chi connectivity index (χ2v) is 9.91. The number of nitrogens with one attached hydrogen (secondary N) is 2. The van der Waals surface area contributed by atoms with Crippen LogP contribution in [-0.2, 0) is 10.0 Å². The van der Waals surface area contributed by atoms with Gasteiger partial charge in [0, 0.05) is 50.0 Å². The van der Waals surface area contributed by atoms with Crippen LogP contribution >= 0.6 is 0 Å². The average Bonchev–Trinajstić information content (AvgIpc) is 3.61. The Morgan fingerprint density at radius 2 is 1.61 bits per heavy atom. The zero-order valence-electron chi connectivity index (χ0n) is 17.7. The van der Waals surface area contributed by atoms with Gasteiger partial charge in [-0.25, -0.2) is 13.1 Å². The van der Waals surface area contributed by atoms with Crippen LogP contribution in [0.3, 0.4) is 0 Å². The number of amides is 1. The summed E-state index contributed by atoms with van der Waals surface area (Å²) in [4.78, 5) is 17.4. The summed E-state index contributed by atoms with van der Waals surface area (Å²) in [5.41, 5.74) is 1.75. The van der Waals surface area contributed by atoms with Gasteiger partial charge < -0.3 is 10.2 Å². The number of piperazine rings is 1. The van der Waals surface area contributed by atoms with Crippen LogP contribution in [-0.4, -0.2) is 64.5 Å². The first kappa shape index (κ1) is 21.8. The van der Waals surface area contributed by atoms with Gasteiger partial charge in [0.1, 0.15) is 0 Å². The van der Waals surface area contributed by atoms with Crippen LogP contribution in [0.5, 0.6) is 0 Å². The van der Waals surface area contributed by atoms with E-state index >= 15 is 0 Å². The minimum absolute atomic E-state index is 0.0642. The molecule has 0 bridgehead atoms. The monoisotopic (exact) mass is 442 g/mol. The van der Waals surface area contributed by atoms with Crippen molar-refractivity contribution < 1.29 is 13.2 Å². The second-order valence-electron chi connectivity index (χ2n) is 8.19. The van der Waals surface area contributed by atoms with E-state index in [2.05, 4.69) is 44.1 Å². The van der Waals surface area contributed by atoms with Gasteiger partial charge in [-0.2, -0.15) is 0 Å². The van der Waals surface area contributed by atoms with Gasteiger partial charge in [0.2, 0.25) is 10.0 Å². The fourth-order valence-corrected chi connectivity index (χ4v) is 5.05. The lowest BCUT2D eigenvalue weighted by molar-refractivity contribution is 0.0951. The maximum Gasteiger partial charge on any atom is 0.251 e. The number of rotatable bonds is 9. The molecule has 1 saturated carbocycles. The SMILES string of the molecule is O=C(NCCCN1CCN(c2ccccc2)CC1)c1ccc(S(=O)(=O)NC2CC2)cc1. The van der Waals surface area contributed by atoms with Gasteiger partial charge in [-0.05, 0) is 62.2 Å². The van der Waals surface area contributed by atoms with Gasteiger partial charge >= 0.3 is 0 Å². The van der Waals surface area contributed by atoms with E-state index in [1.807, 2.05) is 6.07 Å². The van der Waals surface area contributed by atoms with E-state index in [1.54, 1.807) is 12.1 Å². The van der Waals surface area contributed by atoms with Crippen LogP contribution in [0, 0.1) is 0 Å². The third-order valence-corrected chi connectivity index (χ3v) is 7.29. The molecule has 0 aromatic heterocycles. The predicted molar refractivity (Wildman–Crippen MR) is 122 cm³/mol. The van der Waals surface area contributed by atoms with E-state index in [9.17, 15) is 13.2 Å². The maximum atomic E-state index is 12.3. The van der Waals surface area contributed by atoms with Crippen molar-refractivity contribution >= 4 is 21.6 Å². The van der Waals surface area contributed by atoms with Gasteiger partial charge in [-0.15, -0.1) is 0 Å². The van der Waals surface area contributed by atoms with Gasteiger partial charge in [0.05, 0.1) is 4.90 Å². The van der Waals surface area contributed by atoms with Crippen LogP contribution < -0.4 is 14.9 Å². The van der Waals surface area contributed by atoms with Crippen molar-refractivity contribution in [2.45, 2.75) is 30.2 Å². The molecule has 4 rings (SSSR count). The van der Waals surface area contributed by atoms with Crippen LogP contribution in [0.2, 0.25) is 0 Å². The number of carbonyl (C=O) groups is 1. The highest BCUT2D eigenvalue weighted by Crippen LogP contribution is 2.22. The Hall–Kier alpha value is -2.42. The number of carbonyl (C=O) groups excluding carboxylic acids is 1. The fraction of sp³-hybridized carbons (Fsp3) is 0.435. The normalized spacial score (nSPS) is 17.5. The van der Waals surface area contributed by atoms with E-state index in [0.29, 0.717) is 12.1 Å². The Kier molecular flexibility index (Phi) is 6.89. The number of nitrogens with zero attached hydrogens (tertiary/aromatic N) is 2. The molecule has 0 atom stereocenters. The number of hydrogen-bond acceptors (Lipinski definition) is 5. The zero-order valence-corrected chi connectivity index (χ0v) is 18.5. The fourth-order valence-electron chi connectivity index (χ4n) is 3.75. The summed E-state index contributed by atoms with van der Waals surface area (Å²) in [6.07, 6.45) is 2.67. The molecule has 0 unspecified atom stereocenters. The molecule has 166 valence electrons. The molecular weight excluding hydrogens is 412 g/mol. The van der Waals surface area contributed by atoms with E-state index < -0.39 is 10.0 Å². The van der Waals surface area contributed by atoms with Crippen LogP contribution in [0.25, 0.3) is 0 Å². The first-order valence-electron chi connectivity index (χ1n) is 10.9. The molecule has 2 aromatic rings. The molecule has 1 aliphatic carbocycles. The van der Waals surface area contributed by atoms with E-state index in [4.69, 9.17) is 0 Å². The highest BCUT2D eigenvalue weighted by Gasteiger charge is 2.28. The van der Waals surface area contributed by atoms with Gasteiger partial charge in [0.25, 0.3) is 5.91 Å². The van der Waals surface area contributed by atoms with Crippen LogP contribution in [0.15, 0.2) is 59.5 Å². The van der Waals surface area contributed by atoms with Crippen molar-refractivity contribution in [2.24, 2.45) is 0 Å². The number of anilines is 1. The summed E-state index contributed by atoms with van der Waals surface area (Å²) in [5, 5.41) is 2.93. The Balaban J connectivity index is 1.16. The molecule has 2 aliphatic rings. The smallest absolute Gasteiger partial charge is 0.251 e. The molecule has 0 spiro atoms. The summed E-state index contributed by atoms with van der Waals surface area (Å²) < 4.78 is 27.1. The first-order chi connectivity index (χ1) is 15.0. The molecule has 1 heterocycles. The standard InChI is InChI=1S/C23H30N4O3S/c28-23(19-7-11-22(12-8-19)31(29,30)25-20-9-10-20)24-13-4-14-26-15-17-27(18-16-26)21-5-2-1-3-6-21/h1-3,5-8,11-12,20,25H,4,9-10,13-18H2,(H,24,28). The molecule has 8 heteroatoms. The van der Waals surface area contributed by atoms with Crippen LogP contribution in [0.4, 0.5) is 5.69 Å². The van der Waals surface area contributed by atoms with E-state index in [0.717, 1.165) is 52.0 Å². The second kappa shape index (κ2) is 9.80. The number of sulfonamides is 1.